The molecular weight excluding hydrogens is 454 g/mol. The van der Waals surface area contributed by atoms with Gasteiger partial charge in [0.2, 0.25) is 11.5 Å². The normalized spacial score (nSPS) is 10.8. The third kappa shape index (κ3) is 4.58. The van der Waals surface area contributed by atoms with Crippen molar-refractivity contribution in [1.29, 1.82) is 0 Å². The second kappa shape index (κ2) is 10.0. The molecule has 1 N–H and O–H groups in total. The van der Waals surface area contributed by atoms with E-state index in [1.807, 2.05) is 30.3 Å². The Morgan fingerprint density at radius 1 is 1.18 bits per heavy atom. The summed E-state index contributed by atoms with van der Waals surface area (Å²) in [7, 11) is 3.85. The van der Waals surface area contributed by atoms with Crippen LogP contribution in [0.1, 0.15) is 21.6 Å². The molecule has 2 aromatic carbocycles. The fourth-order valence-corrected chi connectivity index (χ4v) is 3.43. The van der Waals surface area contributed by atoms with Crippen LogP contribution in [0, 0.1) is 17.0 Å². The number of ether oxygens (including phenoxy) is 3. The number of nitrogens with one attached hydrogen (secondary N) is 1. The average molecular weight is 474 g/mol. The maximum atomic E-state index is 12.8. The maximum Gasteiger partial charge on any atom is 0.327 e. The summed E-state index contributed by atoms with van der Waals surface area (Å²) >= 11 is 6.44. The van der Waals surface area contributed by atoms with E-state index in [4.69, 9.17) is 25.8 Å². The van der Waals surface area contributed by atoms with E-state index in [2.05, 4.69) is 15.6 Å². The standard InChI is InChI=1S/C21H20ClN5O6/c1-12-15(20(22)26(25-12)13-8-6-5-7-9-13)11-23-24-21(28)14-10-16(31-2)18(32-3)19(33-4)17(14)27(29)30/h5-11H,1-4H3,(H,24,28)/b23-11-. The minimum Gasteiger partial charge on any atom is -0.493 e. The number of benzene rings is 2. The first-order chi connectivity index (χ1) is 15.8. The van der Waals surface area contributed by atoms with Gasteiger partial charge < -0.3 is 14.2 Å². The van der Waals surface area contributed by atoms with E-state index in [-0.39, 0.29) is 28.0 Å². The van der Waals surface area contributed by atoms with E-state index < -0.39 is 16.5 Å². The van der Waals surface area contributed by atoms with Gasteiger partial charge in [0.05, 0.1) is 49.4 Å². The average Bonchev–Trinajstić information content (AvgIpc) is 3.11. The van der Waals surface area contributed by atoms with E-state index in [1.165, 1.54) is 38.3 Å². The van der Waals surface area contributed by atoms with Crippen molar-refractivity contribution in [1.82, 2.24) is 15.2 Å². The number of nitro benzene ring substituents is 1. The van der Waals surface area contributed by atoms with Crippen LogP contribution >= 0.6 is 11.6 Å². The lowest BCUT2D eigenvalue weighted by Gasteiger charge is -2.14. The summed E-state index contributed by atoms with van der Waals surface area (Å²) in [5.74, 6) is -1.04. The van der Waals surface area contributed by atoms with Crippen molar-refractivity contribution < 1.29 is 23.9 Å². The highest BCUT2D eigenvalue weighted by Gasteiger charge is 2.32. The molecule has 0 saturated carbocycles. The number of aromatic nitrogens is 2. The van der Waals surface area contributed by atoms with Gasteiger partial charge in [-0.15, -0.1) is 0 Å². The van der Waals surface area contributed by atoms with Crippen molar-refractivity contribution in [3.8, 4) is 22.9 Å². The number of hydrazone groups is 1. The van der Waals surface area contributed by atoms with Gasteiger partial charge in [-0.3, -0.25) is 14.9 Å². The number of hydrogen-bond donors (Lipinski definition) is 1. The molecule has 0 radical (unpaired) electrons. The van der Waals surface area contributed by atoms with Gasteiger partial charge in [-0.1, -0.05) is 29.8 Å². The van der Waals surface area contributed by atoms with Crippen molar-refractivity contribution in [3.63, 3.8) is 0 Å². The fourth-order valence-electron chi connectivity index (χ4n) is 3.11. The molecule has 0 unspecified atom stereocenters. The number of hydrogen-bond acceptors (Lipinski definition) is 8. The second-order valence-corrected chi connectivity index (χ2v) is 6.89. The Balaban J connectivity index is 1.93. The van der Waals surface area contributed by atoms with Crippen LogP contribution in [0.4, 0.5) is 5.69 Å². The van der Waals surface area contributed by atoms with Crippen LogP contribution in [0.15, 0.2) is 41.5 Å². The first-order valence-corrected chi connectivity index (χ1v) is 9.83. The van der Waals surface area contributed by atoms with Gasteiger partial charge in [-0.25, -0.2) is 10.1 Å². The number of carbonyl (C=O) groups excluding carboxylic acids is 1. The van der Waals surface area contributed by atoms with Crippen LogP contribution in [0.5, 0.6) is 17.2 Å². The molecule has 0 saturated heterocycles. The molecule has 3 aromatic rings. The SMILES string of the molecule is COc1cc(C(=O)N/N=C\c2c(C)nn(-c3ccccc3)c2Cl)c([N+](=O)[O-])c(OC)c1OC. The van der Waals surface area contributed by atoms with E-state index >= 15 is 0 Å². The van der Waals surface area contributed by atoms with Gasteiger partial charge in [0.1, 0.15) is 10.7 Å². The van der Waals surface area contributed by atoms with Crippen LogP contribution in [0.3, 0.4) is 0 Å². The zero-order chi connectivity index (χ0) is 24.1. The van der Waals surface area contributed by atoms with Gasteiger partial charge in [0, 0.05) is 6.07 Å². The molecule has 0 spiro atoms. The Bertz CT molecular complexity index is 1230. The molecule has 11 nitrogen and oxygen atoms in total. The number of halogens is 1. The van der Waals surface area contributed by atoms with Gasteiger partial charge >= 0.3 is 5.69 Å². The molecular formula is C21H20ClN5O6. The number of rotatable bonds is 8. The largest absolute Gasteiger partial charge is 0.493 e. The quantitative estimate of drug-likeness (QED) is 0.301. The van der Waals surface area contributed by atoms with Crippen LogP contribution in [-0.2, 0) is 0 Å². The summed E-state index contributed by atoms with van der Waals surface area (Å²) in [6.07, 6.45) is 1.31. The Morgan fingerprint density at radius 2 is 1.85 bits per heavy atom. The second-order valence-electron chi connectivity index (χ2n) is 6.53. The Labute approximate surface area is 193 Å². The topological polar surface area (TPSA) is 130 Å². The number of methoxy groups -OCH3 is 3. The number of carbonyl (C=O) groups is 1. The molecule has 33 heavy (non-hydrogen) atoms. The monoisotopic (exact) mass is 473 g/mol. The summed E-state index contributed by atoms with van der Waals surface area (Å²) in [6.45, 7) is 1.73. The number of aryl methyl sites for hydroxylation is 1. The summed E-state index contributed by atoms with van der Waals surface area (Å²) in [6, 6.07) is 10.4. The first kappa shape index (κ1) is 23.5. The van der Waals surface area contributed by atoms with E-state index in [1.54, 1.807) is 6.92 Å². The molecule has 0 aliphatic carbocycles. The van der Waals surface area contributed by atoms with E-state index in [0.29, 0.717) is 11.3 Å². The van der Waals surface area contributed by atoms with Gasteiger partial charge in [-0.2, -0.15) is 10.2 Å². The van der Waals surface area contributed by atoms with Crippen LogP contribution in [0.2, 0.25) is 5.15 Å². The van der Waals surface area contributed by atoms with Gasteiger partial charge in [0.15, 0.2) is 5.75 Å². The van der Waals surface area contributed by atoms with Gasteiger partial charge in [0.25, 0.3) is 5.91 Å². The highest BCUT2D eigenvalue weighted by molar-refractivity contribution is 6.32. The summed E-state index contributed by atoms with van der Waals surface area (Å²) < 4.78 is 17.0. The highest BCUT2D eigenvalue weighted by atomic mass is 35.5. The molecule has 0 fully saturated rings. The van der Waals surface area contributed by atoms with Crippen LogP contribution in [-0.4, -0.2) is 48.2 Å². The zero-order valence-corrected chi connectivity index (χ0v) is 18.9. The summed E-state index contributed by atoms with van der Waals surface area (Å²) in [4.78, 5) is 23.7. The van der Waals surface area contributed by atoms with Crippen molar-refractivity contribution in [3.05, 3.63) is 68.5 Å². The minimum absolute atomic E-state index is 0.0116. The Morgan fingerprint density at radius 3 is 2.42 bits per heavy atom. The number of nitro groups is 1. The van der Waals surface area contributed by atoms with Crippen molar-refractivity contribution in [2.75, 3.05) is 21.3 Å². The van der Waals surface area contributed by atoms with Crippen LogP contribution in [0.25, 0.3) is 5.69 Å². The Kier molecular flexibility index (Phi) is 7.13. The lowest BCUT2D eigenvalue weighted by atomic mass is 10.1. The minimum atomic E-state index is -0.860. The number of nitrogens with zero attached hydrogens (tertiary/aromatic N) is 4. The first-order valence-electron chi connectivity index (χ1n) is 9.45. The summed E-state index contributed by atoms with van der Waals surface area (Å²) in [5.41, 5.74) is 3.15. The van der Waals surface area contributed by atoms with E-state index in [0.717, 1.165) is 5.69 Å². The fraction of sp³-hybridized carbons (Fsp3) is 0.190. The molecule has 1 heterocycles. The summed E-state index contributed by atoms with van der Waals surface area (Å²) in [5, 5.41) is 20.3. The molecule has 0 atom stereocenters. The number of amides is 1. The molecule has 0 bridgehead atoms. The molecule has 1 amide bonds. The lowest BCUT2D eigenvalue weighted by molar-refractivity contribution is -0.386. The predicted octanol–water partition coefficient (Wildman–Crippen LogP) is 3.53. The van der Waals surface area contributed by atoms with Crippen molar-refractivity contribution in [2.45, 2.75) is 6.92 Å². The molecule has 12 heteroatoms. The predicted molar refractivity (Wildman–Crippen MR) is 121 cm³/mol. The highest BCUT2D eigenvalue weighted by Crippen LogP contribution is 2.46. The molecule has 1 aromatic heterocycles. The van der Waals surface area contributed by atoms with Gasteiger partial charge in [-0.05, 0) is 19.1 Å². The van der Waals surface area contributed by atoms with Crippen molar-refractivity contribution in [2.24, 2.45) is 5.10 Å². The van der Waals surface area contributed by atoms with Crippen LogP contribution < -0.4 is 19.6 Å². The third-order valence-electron chi connectivity index (χ3n) is 4.64. The van der Waals surface area contributed by atoms with E-state index in [9.17, 15) is 14.9 Å². The smallest absolute Gasteiger partial charge is 0.327 e. The maximum absolute atomic E-state index is 12.8. The number of para-hydroxylation sites is 1. The van der Waals surface area contributed by atoms with Crippen molar-refractivity contribution >= 4 is 29.4 Å². The third-order valence-corrected chi connectivity index (χ3v) is 5.00. The molecule has 0 aliphatic rings. The molecule has 172 valence electrons. The molecule has 3 rings (SSSR count). The lowest BCUT2D eigenvalue weighted by Crippen LogP contribution is -2.20. The Hall–Kier alpha value is -4.12. The zero-order valence-electron chi connectivity index (χ0n) is 18.2. The molecule has 0 aliphatic heterocycles.